The van der Waals surface area contributed by atoms with Gasteiger partial charge in [-0.05, 0) is 65.1 Å². The highest BCUT2D eigenvalue weighted by molar-refractivity contribution is 5.81. The van der Waals surface area contributed by atoms with Crippen LogP contribution in [-0.4, -0.2) is 48.7 Å². The number of nitrogens with zero attached hydrogens (tertiary/aromatic N) is 1. The van der Waals surface area contributed by atoms with Crippen molar-refractivity contribution in [2.75, 3.05) is 26.2 Å². The first-order valence-corrected chi connectivity index (χ1v) is 8.88. The third kappa shape index (κ3) is 4.19. The van der Waals surface area contributed by atoms with Gasteiger partial charge in [-0.15, -0.1) is 0 Å². The Morgan fingerprint density at radius 1 is 1.24 bits per heavy atom. The third-order valence-electron chi connectivity index (χ3n) is 5.03. The van der Waals surface area contributed by atoms with Gasteiger partial charge >= 0.3 is 5.97 Å². The quantitative estimate of drug-likeness (QED) is 0.765. The highest BCUT2D eigenvalue weighted by Crippen LogP contribution is 2.35. The van der Waals surface area contributed by atoms with E-state index in [-0.39, 0.29) is 5.97 Å². The number of hydrogen-bond donors (Lipinski definition) is 1. The fraction of sp³-hybridized carbons (Fsp3) is 0.941. The molecule has 0 radical (unpaired) electrons. The van der Waals surface area contributed by atoms with E-state index in [9.17, 15) is 4.79 Å². The van der Waals surface area contributed by atoms with Crippen molar-refractivity contribution >= 4 is 5.97 Å². The Morgan fingerprint density at radius 3 is 2.57 bits per heavy atom. The van der Waals surface area contributed by atoms with Crippen molar-refractivity contribution in [2.24, 2.45) is 0 Å². The summed E-state index contributed by atoms with van der Waals surface area (Å²) in [5.41, 5.74) is -0.428. The van der Waals surface area contributed by atoms with Gasteiger partial charge in [0.15, 0.2) is 0 Å². The lowest BCUT2D eigenvalue weighted by Gasteiger charge is -2.31. The summed E-state index contributed by atoms with van der Waals surface area (Å²) >= 11 is 0. The molecule has 21 heavy (non-hydrogen) atoms. The number of ether oxygens (including phenoxy) is 1. The van der Waals surface area contributed by atoms with Gasteiger partial charge in [0.05, 0.1) is 6.61 Å². The number of esters is 1. The second kappa shape index (κ2) is 8.14. The van der Waals surface area contributed by atoms with E-state index < -0.39 is 5.54 Å². The van der Waals surface area contributed by atoms with Gasteiger partial charge in [0, 0.05) is 6.04 Å². The summed E-state index contributed by atoms with van der Waals surface area (Å²) < 4.78 is 5.37. The van der Waals surface area contributed by atoms with Crippen LogP contribution < -0.4 is 5.32 Å². The van der Waals surface area contributed by atoms with Gasteiger partial charge in [0.2, 0.25) is 0 Å². The standard InChI is InChI=1S/C17H32N2O2/c1-3-11-18-17(16(20)21-4-2)10-9-15(14-17)19-12-7-5-6-8-13-19/h15,18H,3-14H2,1-2H3. The van der Waals surface area contributed by atoms with Crippen LogP contribution in [0.1, 0.15) is 65.2 Å². The molecule has 4 heteroatoms. The summed E-state index contributed by atoms with van der Waals surface area (Å²) in [7, 11) is 0. The molecule has 4 nitrogen and oxygen atoms in total. The minimum Gasteiger partial charge on any atom is -0.465 e. The van der Waals surface area contributed by atoms with Crippen molar-refractivity contribution in [1.29, 1.82) is 0 Å². The molecule has 0 spiro atoms. The fourth-order valence-electron chi connectivity index (χ4n) is 3.84. The predicted molar refractivity (Wildman–Crippen MR) is 85.3 cm³/mol. The van der Waals surface area contributed by atoms with Crippen LogP contribution in [0.2, 0.25) is 0 Å². The molecule has 0 bridgehead atoms. The van der Waals surface area contributed by atoms with Gasteiger partial charge in [-0.1, -0.05) is 19.8 Å². The van der Waals surface area contributed by atoms with Crippen LogP contribution in [0.5, 0.6) is 0 Å². The fourth-order valence-corrected chi connectivity index (χ4v) is 3.84. The number of nitrogens with one attached hydrogen (secondary N) is 1. The Kier molecular flexibility index (Phi) is 6.49. The highest BCUT2D eigenvalue weighted by atomic mass is 16.5. The molecular formula is C17H32N2O2. The van der Waals surface area contributed by atoms with Gasteiger partial charge in [0.25, 0.3) is 0 Å². The SMILES string of the molecule is CCCNC1(C(=O)OCC)CCC(N2CCCCCC2)C1. The molecule has 2 aliphatic rings. The number of likely N-dealkylation sites (tertiary alicyclic amines) is 1. The first-order chi connectivity index (χ1) is 10.2. The molecule has 2 rings (SSSR count). The topological polar surface area (TPSA) is 41.6 Å². The van der Waals surface area contributed by atoms with Gasteiger partial charge in [-0.3, -0.25) is 4.79 Å². The Balaban J connectivity index is 2.00. The molecule has 0 aromatic carbocycles. The number of hydrogen-bond acceptors (Lipinski definition) is 4. The zero-order valence-electron chi connectivity index (χ0n) is 13.8. The van der Waals surface area contributed by atoms with Crippen molar-refractivity contribution in [3.05, 3.63) is 0 Å². The number of carbonyl (C=O) groups is 1. The maximum Gasteiger partial charge on any atom is 0.326 e. The van der Waals surface area contributed by atoms with Gasteiger partial charge in [0.1, 0.15) is 5.54 Å². The maximum atomic E-state index is 12.5. The molecule has 2 fully saturated rings. The molecule has 1 saturated carbocycles. The van der Waals surface area contributed by atoms with Gasteiger partial charge in [-0.2, -0.15) is 0 Å². The van der Waals surface area contributed by atoms with Crippen LogP contribution in [0.15, 0.2) is 0 Å². The lowest BCUT2D eigenvalue weighted by molar-refractivity contribution is -0.151. The van der Waals surface area contributed by atoms with E-state index in [4.69, 9.17) is 4.74 Å². The molecule has 1 aliphatic heterocycles. The smallest absolute Gasteiger partial charge is 0.326 e. The van der Waals surface area contributed by atoms with E-state index >= 15 is 0 Å². The monoisotopic (exact) mass is 296 g/mol. The van der Waals surface area contributed by atoms with E-state index in [1.165, 1.54) is 38.8 Å². The first kappa shape index (κ1) is 16.8. The van der Waals surface area contributed by atoms with E-state index in [1.807, 2.05) is 6.92 Å². The molecule has 1 heterocycles. The average molecular weight is 296 g/mol. The highest BCUT2D eigenvalue weighted by Gasteiger charge is 2.47. The summed E-state index contributed by atoms with van der Waals surface area (Å²) in [5, 5.41) is 3.51. The Hall–Kier alpha value is -0.610. The lowest BCUT2D eigenvalue weighted by atomic mass is 9.96. The molecule has 2 atom stereocenters. The second-order valence-electron chi connectivity index (χ2n) is 6.58. The summed E-state index contributed by atoms with van der Waals surface area (Å²) in [6.45, 7) is 7.82. The van der Waals surface area contributed by atoms with Crippen molar-refractivity contribution in [3.63, 3.8) is 0 Å². The maximum absolute atomic E-state index is 12.5. The van der Waals surface area contributed by atoms with Gasteiger partial charge < -0.3 is 15.0 Å². The number of rotatable bonds is 6. The Morgan fingerprint density at radius 2 is 1.95 bits per heavy atom. The summed E-state index contributed by atoms with van der Waals surface area (Å²) in [5.74, 6) is -0.0317. The normalized spacial score (nSPS) is 31.0. The van der Waals surface area contributed by atoms with Crippen LogP contribution in [0, 0.1) is 0 Å². The van der Waals surface area contributed by atoms with Crippen molar-refractivity contribution in [1.82, 2.24) is 10.2 Å². The van der Waals surface area contributed by atoms with E-state index in [2.05, 4.69) is 17.1 Å². The molecule has 122 valence electrons. The van der Waals surface area contributed by atoms with E-state index in [1.54, 1.807) is 0 Å². The molecule has 1 N–H and O–H groups in total. The summed E-state index contributed by atoms with van der Waals surface area (Å²) in [6.07, 6.45) is 9.36. The molecule has 0 aromatic rings. The van der Waals surface area contributed by atoms with Crippen LogP contribution in [-0.2, 0) is 9.53 Å². The third-order valence-corrected chi connectivity index (χ3v) is 5.03. The van der Waals surface area contributed by atoms with Crippen LogP contribution in [0.3, 0.4) is 0 Å². The lowest BCUT2D eigenvalue weighted by Crippen LogP contribution is -2.52. The van der Waals surface area contributed by atoms with Crippen LogP contribution in [0.25, 0.3) is 0 Å². The van der Waals surface area contributed by atoms with E-state index in [0.717, 1.165) is 32.2 Å². The average Bonchev–Trinajstić information content (AvgIpc) is 2.74. The Bertz CT molecular complexity index is 327. The molecule has 1 saturated heterocycles. The predicted octanol–water partition coefficient (Wildman–Crippen LogP) is 2.72. The zero-order valence-corrected chi connectivity index (χ0v) is 13.8. The molecule has 0 amide bonds. The van der Waals surface area contributed by atoms with Crippen LogP contribution in [0.4, 0.5) is 0 Å². The first-order valence-electron chi connectivity index (χ1n) is 8.88. The van der Waals surface area contributed by atoms with Crippen molar-refractivity contribution < 1.29 is 9.53 Å². The number of carbonyl (C=O) groups excluding carboxylic acids is 1. The molecular weight excluding hydrogens is 264 g/mol. The van der Waals surface area contributed by atoms with Crippen molar-refractivity contribution in [2.45, 2.75) is 76.8 Å². The second-order valence-corrected chi connectivity index (χ2v) is 6.58. The zero-order chi connectivity index (χ0) is 15.1. The van der Waals surface area contributed by atoms with Gasteiger partial charge in [-0.25, -0.2) is 0 Å². The molecule has 2 unspecified atom stereocenters. The summed E-state index contributed by atoms with van der Waals surface area (Å²) in [6, 6.07) is 0.553. The van der Waals surface area contributed by atoms with Crippen molar-refractivity contribution in [3.8, 4) is 0 Å². The Labute approximate surface area is 129 Å². The minimum atomic E-state index is -0.428. The largest absolute Gasteiger partial charge is 0.465 e. The van der Waals surface area contributed by atoms with E-state index in [0.29, 0.717) is 12.6 Å². The summed E-state index contributed by atoms with van der Waals surface area (Å²) in [4.78, 5) is 15.1. The molecule has 1 aliphatic carbocycles. The molecule has 0 aromatic heterocycles. The minimum absolute atomic E-state index is 0.0317. The van der Waals surface area contributed by atoms with Crippen LogP contribution >= 0.6 is 0 Å².